The van der Waals surface area contributed by atoms with Crippen molar-refractivity contribution in [3.63, 3.8) is 0 Å². The first kappa shape index (κ1) is 19.7. The third-order valence-corrected chi connectivity index (χ3v) is 6.72. The first-order chi connectivity index (χ1) is 13.8. The lowest BCUT2D eigenvalue weighted by atomic mass is 9.97. The van der Waals surface area contributed by atoms with Crippen molar-refractivity contribution in [3.8, 4) is 16.9 Å². The van der Waals surface area contributed by atoms with Gasteiger partial charge in [-0.3, -0.25) is 4.79 Å². The van der Waals surface area contributed by atoms with Crippen LogP contribution >= 0.6 is 0 Å². The molecule has 0 unspecified atom stereocenters. The highest BCUT2D eigenvalue weighted by Gasteiger charge is 2.20. The molecule has 0 N–H and O–H groups in total. The summed E-state index contributed by atoms with van der Waals surface area (Å²) in [4.78, 5) is 12.8. The van der Waals surface area contributed by atoms with Crippen molar-refractivity contribution in [2.75, 3.05) is 6.26 Å². The molecule has 2 aromatic carbocycles. The molecule has 1 fully saturated rings. The minimum absolute atomic E-state index is 0.0848. The summed E-state index contributed by atoms with van der Waals surface area (Å²) in [6.07, 6.45) is 8.61. The van der Waals surface area contributed by atoms with Crippen molar-refractivity contribution in [2.24, 2.45) is 7.05 Å². The van der Waals surface area contributed by atoms with Gasteiger partial charge < -0.3 is 9.30 Å². The number of rotatable bonds is 4. The van der Waals surface area contributed by atoms with E-state index in [-0.39, 0.29) is 16.6 Å². The second-order valence-corrected chi connectivity index (χ2v) is 9.83. The molecule has 1 aliphatic rings. The molecule has 3 aromatic rings. The van der Waals surface area contributed by atoms with E-state index in [9.17, 15) is 13.2 Å². The molecule has 0 aliphatic heterocycles. The van der Waals surface area contributed by atoms with Gasteiger partial charge in [-0.15, -0.1) is 0 Å². The third-order valence-electron chi connectivity index (χ3n) is 5.61. The minimum atomic E-state index is -3.38. The zero-order valence-electron chi connectivity index (χ0n) is 16.7. The number of hydrogen-bond acceptors (Lipinski definition) is 4. The summed E-state index contributed by atoms with van der Waals surface area (Å²) in [5, 5.41) is 1.38. The summed E-state index contributed by atoms with van der Waals surface area (Å²) in [6, 6.07) is 12.4. The van der Waals surface area contributed by atoms with Gasteiger partial charge in [-0.2, -0.15) is 0 Å². The zero-order chi connectivity index (χ0) is 20.6. The van der Waals surface area contributed by atoms with Crippen LogP contribution in [0.5, 0.6) is 5.75 Å². The molecule has 0 amide bonds. The summed E-state index contributed by atoms with van der Waals surface area (Å²) >= 11 is 0. The number of nitrogens with zero attached hydrogens (tertiary/aromatic N) is 1. The Balaban J connectivity index is 1.94. The lowest BCUT2D eigenvalue weighted by molar-refractivity contribution is 0.155. The Morgan fingerprint density at radius 3 is 2.34 bits per heavy atom. The van der Waals surface area contributed by atoms with Crippen LogP contribution in [-0.2, 0) is 16.9 Å². The van der Waals surface area contributed by atoms with Gasteiger partial charge in [0.25, 0.3) is 5.56 Å². The maximum absolute atomic E-state index is 12.6. The van der Waals surface area contributed by atoms with Gasteiger partial charge >= 0.3 is 0 Å². The monoisotopic (exact) mass is 411 g/mol. The Bertz CT molecular complexity index is 1220. The average Bonchev–Trinajstić information content (AvgIpc) is 2.71. The Morgan fingerprint density at radius 1 is 0.966 bits per heavy atom. The van der Waals surface area contributed by atoms with Crippen molar-refractivity contribution in [1.29, 1.82) is 0 Å². The Kier molecular flexibility index (Phi) is 5.21. The van der Waals surface area contributed by atoms with E-state index in [2.05, 4.69) is 0 Å². The highest BCUT2D eigenvalue weighted by Crippen LogP contribution is 2.37. The molecule has 1 aromatic heterocycles. The fourth-order valence-electron chi connectivity index (χ4n) is 4.05. The van der Waals surface area contributed by atoms with E-state index in [0.717, 1.165) is 36.6 Å². The van der Waals surface area contributed by atoms with Crippen molar-refractivity contribution in [1.82, 2.24) is 4.57 Å². The van der Waals surface area contributed by atoms with E-state index < -0.39 is 9.84 Å². The number of pyridine rings is 1. The Hall–Kier alpha value is -2.60. The highest BCUT2D eigenvalue weighted by atomic mass is 32.2. The smallest absolute Gasteiger partial charge is 0.258 e. The van der Waals surface area contributed by atoms with Crippen LogP contribution in [0, 0.1) is 0 Å². The summed E-state index contributed by atoms with van der Waals surface area (Å²) in [6.45, 7) is 0. The molecule has 1 aliphatic carbocycles. The molecule has 4 rings (SSSR count). The number of aryl methyl sites for hydroxylation is 1. The van der Waals surface area contributed by atoms with Crippen LogP contribution in [0.15, 0.2) is 58.4 Å². The van der Waals surface area contributed by atoms with Crippen LogP contribution in [0.3, 0.4) is 0 Å². The predicted molar refractivity (Wildman–Crippen MR) is 115 cm³/mol. The molecule has 0 bridgehead atoms. The topological polar surface area (TPSA) is 65.4 Å². The first-order valence-electron chi connectivity index (χ1n) is 9.94. The molecule has 1 heterocycles. The molecule has 0 saturated heterocycles. The van der Waals surface area contributed by atoms with Gasteiger partial charge in [0.2, 0.25) is 0 Å². The fourth-order valence-corrected chi connectivity index (χ4v) is 4.69. The van der Waals surface area contributed by atoms with Crippen molar-refractivity contribution >= 4 is 20.6 Å². The maximum Gasteiger partial charge on any atom is 0.258 e. The van der Waals surface area contributed by atoms with E-state index in [4.69, 9.17) is 4.74 Å². The van der Waals surface area contributed by atoms with Crippen LogP contribution in [0.1, 0.15) is 32.1 Å². The lowest BCUT2D eigenvalue weighted by Crippen LogP contribution is -2.20. The van der Waals surface area contributed by atoms with Gasteiger partial charge in [0.1, 0.15) is 5.75 Å². The molecule has 1 saturated carbocycles. The number of hydrogen-bond donors (Lipinski definition) is 0. The van der Waals surface area contributed by atoms with Gasteiger partial charge in [-0.1, -0.05) is 24.6 Å². The summed E-state index contributed by atoms with van der Waals surface area (Å²) in [7, 11) is -1.67. The van der Waals surface area contributed by atoms with Crippen LogP contribution in [0.2, 0.25) is 0 Å². The van der Waals surface area contributed by atoms with Crippen LogP contribution in [0.25, 0.3) is 21.9 Å². The Morgan fingerprint density at radius 2 is 1.66 bits per heavy atom. The molecule has 5 nitrogen and oxygen atoms in total. The third kappa shape index (κ3) is 3.94. The quantitative estimate of drug-likeness (QED) is 0.641. The van der Waals surface area contributed by atoms with Gasteiger partial charge in [0.15, 0.2) is 9.84 Å². The minimum Gasteiger partial charge on any atom is -0.490 e. The number of ether oxygens (including phenoxy) is 1. The fraction of sp³-hybridized carbons (Fsp3) is 0.348. The van der Waals surface area contributed by atoms with Crippen LogP contribution in [-0.4, -0.2) is 25.3 Å². The molecular weight excluding hydrogens is 386 g/mol. The SMILES string of the molecule is Cn1cc(-c2cc(S(C)(=O)=O)ccc2OC2CCCCC2)c2ccccc2c1=O. The first-order valence-corrected chi connectivity index (χ1v) is 11.8. The van der Waals surface area contributed by atoms with Crippen molar-refractivity contribution < 1.29 is 13.2 Å². The van der Waals surface area contributed by atoms with Crippen molar-refractivity contribution in [2.45, 2.75) is 43.1 Å². The highest BCUT2D eigenvalue weighted by molar-refractivity contribution is 7.90. The van der Waals surface area contributed by atoms with E-state index in [1.807, 2.05) is 18.2 Å². The van der Waals surface area contributed by atoms with E-state index in [0.29, 0.717) is 16.7 Å². The normalized spacial score (nSPS) is 15.5. The van der Waals surface area contributed by atoms with E-state index in [1.54, 1.807) is 37.5 Å². The number of aromatic nitrogens is 1. The van der Waals surface area contributed by atoms with Gasteiger partial charge in [-0.25, -0.2) is 8.42 Å². The molecule has 0 radical (unpaired) electrons. The van der Waals surface area contributed by atoms with Crippen LogP contribution in [0.4, 0.5) is 0 Å². The average molecular weight is 412 g/mol. The standard InChI is InChI=1S/C23H25NO4S/c1-24-15-21(18-10-6-7-11-19(18)23(24)25)20-14-17(29(2,26)27)12-13-22(20)28-16-8-4-3-5-9-16/h6-7,10-16H,3-5,8-9H2,1-2H3. The van der Waals surface area contributed by atoms with Crippen molar-refractivity contribution in [3.05, 3.63) is 59.0 Å². The molecule has 6 heteroatoms. The zero-order valence-corrected chi connectivity index (χ0v) is 17.5. The second kappa shape index (κ2) is 7.67. The van der Waals surface area contributed by atoms with Gasteiger partial charge in [0, 0.05) is 36.0 Å². The summed E-state index contributed by atoms with van der Waals surface area (Å²) < 4.78 is 32.3. The molecule has 0 spiro atoms. The predicted octanol–water partition coefficient (Wildman–Crippen LogP) is 4.32. The van der Waals surface area contributed by atoms with E-state index >= 15 is 0 Å². The van der Waals surface area contributed by atoms with Crippen LogP contribution < -0.4 is 10.3 Å². The number of benzene rings is 2. The van der Waals surface area contributed by atoms with E-state index in [1.165, 1.54) is 17.2 Å². The summed E-state index contributed by atoms with van der Waals surface area (Å²) in [5.74, 6) is 0.660. The second-order valence-electron chi connectivity index (χ2n) is 7.81. The molecule has 152 valence electrons. The summed E-state index contributed by atoms with van der Waals surface area (Å²) in [5.41, 5.74) is 1.41. The maximum atomic E-state index is 12.6. The number of fused-ring (bicyclic) bond motifs is 1. The van der Waals surface area contributed by atoms with Gasteiger partial charge in [-0.05, 0) is 55.3 Å². The lowest BCUT2D eigenvalue weighted by Gasteiger charge is -2.25. The Labute approximate surface area is 170 Å². The molecule has 0 atom stereocenters. The molecular formula is C23H25NO4S. The largest absolute Gasteiger partial charge is 0.490 e. The molecule has 29 heavy (non-hydrogen) atoms. The number of sulfone groups is 1. The van der Waals surface area contributed by atoms with Gasteiger partial charge in [0.05, 0.1) is 11.0 Å².